The average molecular weight is 933 g/mol. The number of likely N-dealkylation sites (tertiary alicyclic amines) is 1. The molecular weight excluding hydrogens is 873 g/mol. The summed E-state index contributed by atoms with van der Waals surface area (Å²) in [6.45, 7) is 9.27. The third-order valence-electron chi connectivity index (χ3n) is 15.4. The van der Waals surface area contributed by atoms with Crippen LogP contribution in [-0.4, -0.2) is 83.1 Å². The number of nitro groups is 1. The molecule has 5 aliphatic rings. The third-order valence-corrected chi connectivity index (χ3v) is 16.7. The summed E-state index contributed by atoms with van der Waals surface area (Å²) in [5, 5.41) is 26.8. The van der Waals surface area contributed by atoms with Gasteiger partial charge in [-0.1, -0.05) is 38.1 Å². The molecule has 2 aromatic heterocycles. The number of anilines is 3. The van der Waals surface area contributed by atoms with Gasteiger partial charge >= 0.3 is 0 Å². The number of fused-ring (bicyclic) bond motifs is 2. The van der Waals surface area contributed by atoms with E-state index in [1.165, 1.54) is 48.9 Å². The topological polar surface area (TPSA) is 218 Å². The number of nitro benzene ring substituents is 1. The zero-order chi connectivity index (χ0) is 46.8. The number of nitrogens with zero attached hydrogens (tertiary/aromatic N) is 4. The number of pyridine rings is 1. The van der Waals surface area contributed by atoms with Gasteiger partial charge in [0.15, 0.2) is 23.0 Å². The minimum absolute atomic E-state index is 0.00837. The molecule has 0 bridgehead atoms. The van der Waals surface area contributed by atoms with Gasteiger partial charge in [0.1, 0.15) is 18.0 Å². The van der Waals surface area contributed by atoms with Gasteiger partial charge in [-0.2, -0.15) is 0 Å². The second kappa shape index (κ2) is 17.3. The highest BCUT2D eigenvalue weighted by molar-refractivity contribution is 7.90. The van der Waals surface area contributed by atoms with Crippen molar-refractivity contribution in [1.29, 1.82) is 0 Å². The first-order chi connectivity index (χ1) is 32.1. The number of ether oxygens (including phenoxy) is 2. The van der Waals surface area contributed by atoms with Gasteiger partial charge in [0.05, 0.1) is 27.0 Å². The van der Waals surface area contributed by atoms with E-state index < -0.39 is 37.0 Å². The zero-order valence-corrected chi connectivity index (χ0v) is 39.1. The number of rotatable bonds is 11. The van der Waals surface area contributed by atoms with Gasteiger partial charge in [-0.05, 0) is 130 Å². The van der Waals surface area contributed by atoms with Crippen molar-refractivity contribution < 1.29 is 32.7 Å². The Bertz CT molecular complexity index is 2820. The molecule has 1 amide bonds. The molecule has 5 aromatic rings. The van der Waals surface area contributed by atoms with E-state index in [4.69, 9.17) is 15.2 Å². The maximum Gasteiger partial charge on any atom is 0.297 e. The lowest BCUT2D eigenvalue weighted by atomic mass is 9.59. The first-order valence-corrected chi connectivity index (χ1v) is 25.2. The van der Waals surface area contributed by atoms with E-state index in [1.807, 2.05) is 6.07 Å². The lowest BCUT2D eigenvalue weighted by Gasteiger charge is -2.56. The first-order valence-electron chi connectivity index (χ1n) is 23.7. The molecule has 354 valence electrons. The van der Waals surface area contributed by atoms with Crippen LogP contribution in [0.3, 0.4) is 0 Å². The van der Waals surface area contributed by atoms with Crippen molar-refractivity contribution in [3.63, 3.8) is 0 Å². The molecule has 16 nitrogen and oxygen atoms in total. The Morgan fingerprint density at radius 3 is 2.52 bits per heavy atom. The second-order valence-electron chi connectivity index (χ2n) is 20.2. The summed E-state index contributed by atoms with van der Waals surface area (Å²) in [6, 6.07) is 20.4. The van der Waals surface area contributed by atoms with E-state index in [-0.39, 0.29) is 58.3 Å². The Labute approximate surface area is 390 Å². The molecule has 17 heteroatoms. The van der Waals surface area contributed by atoms with Crippen LogP contribution in [0, 0.1) is 21.4 Å². The van der Waals surface area contributed by atoms with E-state index in [0.29, 0.717) is 49.3 Å². The maximum absolute atomic E-state index is 14.2. The van der Waals surface area contributed by atoms with Crippen molar-refractivity contribution in [2.75, 3.05) is 42.2 Å². The summed E-state index contributed by atoms with van der Waals surface area (Å²) < 4.78 is 42.5. The molecule has 5 heterocycles. The van der Waals surface area contributed by atoms with Crippen LogP contribution < -0.4 is 30.1 Å². The van der Waals surface area contributed by atoms with Crippen LogP contribution in [-0.2, 0) is 10.0 Å². The predicted octanol–water partition coefficient (Wildman–Crippen LogP) is 8.79. The maximum atomic E-state index is 14.2. The smallest absolute Gasteiger partial charge is 0.297 e. The van der Waals surface area contributed by atoms with Crippen LogP contribution in [0.2, 0.25) is 0 Å². The number of aliphatic hydroxyl groups is 1. The zero-order valence-electron chi connectivity index (χ0n) is 38.3. The van der Waals surface area contributed by atoms with E-state index in [0.717, 1.165) is 49.6 Å². The minimum Gasteiger partial charge on any atom is -0.489 e. The number of nitrogens with two attached hydrogens (primary N) is 1. The van der Waals surface area contributed by atoms with Gasteiger partial charge in [-0.25, -0.2) is 18.1 Å². The quantitative estimate of drug-likeness (QED) is 0.0619. The monoisotopic (exact) mass is 932 g/mol. The first kappa shape index (κ1) is 44.9. The SMILES string of the molecule is CC(C)c1ccccc1[C@@H]1CCCN1C1CC2(CCN(c3ccc(C(=O)NS(=O)(=O)c4cc5c(c([N+](=O)[O-])c4)N[C@@H]([C@H]4CC[C@](C)(O)CC4)CO5)c(Oc4cc5cc[nH]c5nc4N)c3)CC2)C1. The highest BCUT2D eigenvalue weighted by Crippen LogP contribution is 2.54. The molecule has 4 fully saturated rings. The standard InChI is InChI=1S/C50H60N8O8S/c1-30(2)36-7-4-5-8-37(36)40-9-6-20-57(40)34-27-50(28-34)17-21-56(22-18-50)33-10-11-38(42(24-33)66-44-23-32-14-19-52-47(32)54-46(44)51)48(59)55-67(63,64)35-25-41(58(61)62)45-43(26-35)65-29-39(53-45)31-12-15-49(3,60)16-13-31/h4-5,7-8,10-11,14,19,23-26,30-31,34,39-40,53,60H,6,9,12-13,15-18,20-22,27-29H2,1-3H3,(H,55,59)(H3,51,52,54)/t31-,39-,40+,49-/m1/s1. The molecule has 2 atom stereocenters. The van der Waals surface area contributed by atoms with Crippen LogP contribution in [0.1, 0.15) is 118 Å². The van der Waals surface area contributed by atoms with Crippen LogP contribution in [0.25, 0.3) is 11.0 Å². The van der Waals surface area contributed by atoms with Gasteiger partial charge in [0.25, 0.3) is 21.6 Å². The molecule has 10 rings (SSSR count). The van der Waals surface area contributed by atoms with Gasteiger partial charge in [-0.15, -0.1) is 0 Å². The summed E-state index contributed by atoms with van der Waals surface area (Å²) >= 11 is 0. The normalized spacial score (nSPS) is 24.2. The lowest BCUT2D eigenvalue weighted by molar-refractivity contribution is -0.384. The number of aromatic nitrogens is 2. The summed E-state index contributed by atoms with van der Waals surface area (Å²) in [4.78, 5) is 37.9. The molecular formula is C50H60N8O8S. The molecule has 2 saturated carbocycles. The van der Waals surface area contributed by atoms with Crippen LogP contribution >= 0.6 is 0 Å². The van der Waals surface area contributed by atoms with Gasteiger partial charge in [-0.3, -0.25) is 19.8 Å². The Morgan fingerprint density at radius 2 is 1.78 bits per heavy atom. The predicted molar refractivity (Wildman–Crippen MR) is 256 cm³/mol. The number of piperidine rings is 1. The van der Waals surface area contributed by atoms with Crippen molar-refractivity contribution >= 4 is 49.8 Å². The summed E-state index contributed by atoms with van der Waals surface area (Å²) in [5.41, 5.74) is 9.67. The minimum atomic E-state index is -4.69. The number of aromatic amines is 1. The molecule has 2 aliphatic carbocycles. The van der Waals surface area contributed by atoms with Crippen LogP contribution in [0.15, 0.2) is 77.8 Å². The van der Waals surface area contributed by atoms with Crippen LogP contribution in [0.4, 0.5) is 22.9 Å². The molecule has 1 spiro atoms. The molecule has 3 aliphatic heterocycles. The van der Waals surface area contributed by atoms with Crippen LogP contribution in [0.5, 0.6) is 17.2 Å². The number of sulfonamides is 1. The number of amides is 1. The van der Waals surface area contributed by atoms with Crippen molar-refractivity contribution in [2.45, 2.75) is 120 Å². The molecule has 0 unspecified atom stereocenters. The fourth-order valence-corrected chi connectivity index (χ4v) is 12.6. The summed E-state index contributed by atoms with van der Waals surface area (Å²) in [5.74, 6) is -0.107. The van der Waals surface area contributed by atoms with E-state index in [2.05, 4.69) is 67.9 Å². The molecule has 3 aromatic carbocycles. The van der Waals surface area contributed by atoms with Crippen molar-refractivity contribution in [2.24, 2.45) is 11.3 Å². The van der Waals surface area contributed by atoms with Gasteiger partial charge in [0.2, 0.25) is 0 Å². The van der Waals surface area contributed by atoms with E-state index in [1.54, 1.807) is 31.3 Å². The number of benzene rings is 3. The molecule has 2 saturated heterocycles. The number of H-pyrrole nitrogens is 1. The van der Waals surface area contributed by atoms with Gasteiger partial charge < -0.3 is 35.5 Å². The lowest BCUT2D eigenvalue weighted by Crippen LogP contribution is -2.54. The largest absolute Gasteiger partial charge is 0.489 e. The molecule has 6 N–H and O–H groups in total. The summed E-state index contributed by atoms with van der Waals surface area (Å²) in [7, 11) is -4.69. The second-order valence-corrected chi connectivity index (χ2v) is 21.9. The Kier molecular flexibility index (Phi) is 11.6. The van der Waals surface area contributed by atoms with Gasteiger partial charge in [0, 0.05) is 60.6 Å². The van der Waals surface area contributed by atoms with Crippen molar-refractivity contribution in [1.82, 2.24) is 19.6 Å². The highest BCUT2D eigenvalue weighted by Gasteiger charge is 2.50. The third kappa shape index (κ3) is 8.77. The van der Waals surface area contributed by atoms with E-state index in [9.17, 15) is 28.4 Å². The van der Waals surface area contributed by atoms with E-state index >= 15 is 0 Å². The average Bonchev–Trinajstić information content (AvgIpc) is 3.97. The molecule has 0 radical (unpaired) electrons. The fraction of sp³-hybridized carbons (Fsp3) is 0.480. The highest BCUT2D eigenvalue weighted by atomic mass is 32.2. The van der Waals surface area contributed by atoms with Crippen molar-refractivity contribution in [3.8, 4) is 17.2 Å². The number of nitrogen functional groups attached to an aromatic ring is 1. The van der Waals surface area contributed by atoms with Crippen molar-refractivity contribution in [3.05, 3.63) is 99.7 Å². The number of carbonyl (C=O) groups excluding carboxylic acids is 1. The number of hydrogen-bond donors (Lipinski definition) is 5. The number of carbonyl (C=O) groups is 1. The Balaban J connectivity index is 0.866. The number of hydrogen-bond acceptors (Lipinski definition) is 13. The summed E-state index contributed by atoms with van der Waals surface area (Å²) in [6.07, 6.45) is 11.2. The molecule has 67 heavy (non-hydrogen) atoms. The Morgan fingerprint density at radius 1 is 1.01 bits per heavy atom. The Hall–Kier alpha value is -5.91. The fourth-order valence-electron chi connectivity index (χ4n) is 11.6. The number of nitrogens with one attached hydrogen (secondary N) is 3.